The number of nitrogens with zero attached hydrogens (tertiary/aromatic N) is 2. The number of methoxy groups -OCH3 is 1. The number of rotatable bonds is 9. The van der Waals surface area contributed by atoms with Crippen molar-refractivity contribution in [1.29, 1.82) is 0 Å². The highest BCUT2D eigenvalue weighted by Gasteiger charge is 2.57. The van der Waals surface area contributed by atoms with E-state index in [0.717, 1.165) is 5.56 Å². The lowest BCUT2D eigenvalue weighted by molar-refractivity contribution is -0.161. The number of nitrogens with one attached hydrogen (secondary N) is 1. The molecule has 1 aromatic heterocycles. The van der Waals surface area contributed by atoms with Crippen LogP contribution in [0.15, 0.2) is 82.8 Å². The monoisotopic (exact) mass is 574 g/mol. The van der Waals surface area contributed by atoms with Gasteiger partial charge in [0.05, 0.1) is 13.7 Å². The second-order valence-corrected chi connectivity index (χ2v) is 11.1. The molecule has 3 heterocycles. The number of aliphatic carboxylic acids is 1. The molecular formula is C30H30N4O6S. The number of benzene rings is 2. The fraction of sp³-hybridized carbons (Fsp3) is 0.267. The Morgan fingerprint density at radius 3 is 2.59 bits per heavy atom. The molecular weight excluding hydrogens is 544 g/mol. The fourth-order valence-electron chi connectivity index (χ4n) is 5.16. The maximum absolute atomic E-state index is 13.8. The molecule has 2 aromatic carbocycles. The van der Waals surface area contributed by atoms with Gasteiger partial charge in [-0.1, -0.05) is 42.5 Å². The van der Waals surface area contributed by atoms with Crippen molar-refractivity contribution < 1.29 is 24.2 Å². The maximum Gasteiger partial charge on any atom is 0.352 e. The lowest BCUT2D eigenvalue weighted by atomic mass is 9.98. The third-order valence-corrected chi connectivity index (χ3v) is 8.71. The van der Waals surface area contributed by atoms with Gasteiger partial charge in [-0.15, -0.1) is 11.8 Å². The molecule has 0 unspecified atom stereocenters. The van der Waals surface area contributed by atoms with Crippen molar-refractivity contribution >= 4 is 29.5 Å². The van der Waals surface area contributed by atoms with Gasteiger partial charge in [-0.2, -0.15) is 0 Å². The van der Waals surface area contributed by atoms with E-state index >= 15 is 0 Å². The number of carboxylic acids is 1. The molecule has 10 nitrogen and oxygen atoms in total. The summed E-state index contributed by atoms with van der Waals surface area (Å²) < 4.78 is 5.28. The molecule has 1 fully saturated rings. The third-order valence-electron chi connectivity index (χ3n) is 7.30. The van der Waals surface area contributed by atoms with E-state index in [1.807, 2.05) is 24.3 Å². The molecule has 0 spiro atoms. The summed E-state index contributed by atoms with van der Waals surface area (Å²) in [6.45, 7) is 1.51. The fourth-order valence-corrected chi connectivity index (χ4v) is 6.52. The highest BCUT2D eigenvalue weighted by Crippen LogP contribution is 2.43. The normalized spacial score (nSPS) is 18.8. The van der Waals surface area contributed by atoms with E-state index < -0.39 is 40.8 Å². The van der Waals surface area contributed by atoms with E-state index in [1.54, 1.807) is 56.5 Å². The first-order chi connectivity index (χ1) is 19.7. The standard InChI is InChI=1S/C30H30N4O6S/c1-17-16-41-29-25(28(37)34(29)24(17)30(38)39)33(27(36)23(31)19-8-4-3-5-9-19)15-20-11-12-21(32-26(20)35)13-18-7-6-10-22(14-18)40-2/h3-12,14,23,25,29H,13,15-16,31H2,1-2H3,(H,32,35)(H,38,39)/t23-,25-,29-/m1/s1. The number of ether oxygens (including phenoxy) is 1. The van der Waals surface area contributed by atoms with E-state index in [-0.39, 0.29) is 17.8 Å². The largest absolute Gasteiger partial charge is 0.497 e. The van der Waals surface area contributed by atoms with E-state index in [1.165, 1.54) is 21.6 Å². The van der Waals surface area contributed by atoms with E-state index in [4.69, 9.17) is 10.5 Å². The number of β-lactam (4-membered cyclic amide) rings is 1. The molecule has 4 N–H and O–H groups in total. The lowest BCUT2D eigenvalue weighted by Gasteiger charge is -2.53. The number of H-pyrrole nitrogens is 1. The van der Waals surface area contributed by atoms with Gasteiger partial charge in [0.1, 0.15) is 28.9 Å². The van der Waals surface area contributed by atoms with Crippen molar-refractivity contribution in [3.8, 4) is 5.75 Å². The molecule has 2 aliphatic heterocycles. The van der Waals surface area contributed by atoms with Crippen LogP contribution < -0.4 is 16.0 Å². The number of hydrogen-bond acceptors (Lipinski definition) is 7. The Morgan fingerprint density at radius 1 is 1.15 bits per heavy atom. The van der Waals surface area contributed by atoms with Gasteiger partial charge in [0.2, 0.25) is 5.91 Å². The summed E-state index contributed by atoms with van der Waals surface area (Å²) in [6.07, 6.45) is 0.465. The van der Waals surface area contributed by atoms with Crippen molar-refractivity contribution in [3.63, 3.8) is 0 Å². The zero-order valence-electron chi connectivity index (χ0n) is 22.6. The molecule has 5 rings (SSSR count). The quantitative estimate of drug-likeness (QED) is 0.331. The van der Waals surface area contributed by atoms with Crippen LogP contribution in [0.25, 0.3) is 0 Å². The molecule has 1 saturated heterocycles. The number of aromatic nitrogens is 1. The predicted molar refractivity (Wildman–Crippen MR) is 154 cm³/mol. The highest BCUT2D eigenvalue weighted by atomic mass is 32.2. The molecule has 2 aliphatic rings. The van der Waals surface area contributed by atoms with Crippen LogP contribution in [0.3, 0.4) is 0 Å². The van der Waals surface area contributed by atoms with Gasteiger partial charge in [-0.25, -0.2) is 4.79 Å². The smallest absolute Gasteiger partial charge is 0.352 e. The summed E-state index contributed by atoms with van der Waals surface area (Å²) in [6, 6.07) is 17.7. The van der Waals surface area contributed by atoms with E-state index in [9.17, 15) is 24.3 Å². The van der Waals surface area contributed by atoms with Gasteiger partial charge in [0.15, 0.2) is 0 Å². The van der Waals surface area contributed by atoms with Crippen molar-refractivity contribution in [2.75, 3.05) is 12.9 Å². The van der Waals surface area contributed by atoms with Gasteiger partial charge < -0.3 is 25.5 Å². The average molecular weight is 575 g/mol. The topological polar surface area (TPSA) is 146 Å². The molecule has 3 atom stereocenters. The molecule has 11 heteroatoms. The van der Waals surface area contributed by atoms with Crippen LogP contribution in [0.5, 0.6) is 5.75 Å². The van der Waals surface area contributed by atoms with Crippen LogP contribution in [0.2, 0.25) is 0 Å². The molecule has 41 heavy (non-hydrogen) atoms. The van der Waals surface area contributed by atoms with E-state index in [2.05, 4.69) is 4.98 Å². The Balaban J connectivity index is 1.44. The number of carbonyl (C=O) groups is 3. The first-order valence-corrected chi connectivity index (χ1v) is 14.1. The van der Waals surface area contributed by atoms with Crippen molar-refractivity contribution in [2.24, 2.45) is 5.73 Å². The third kappa shape index (κ3) is 5.50. The van der Waals surface area contributed by atoms with E-state index in [0.29, 0.717) is 34.8 Å². The SMILES string of the molecule is COc1cccc(Cc2ccc(CN(C(=O)[C@H](N)c3ccccc3)[C@@H]3C(=O)N4C(C(=O)O)=C(C)CS[C@H]34)c(=O)[nH]2)c1. The molecule has 0 aliphatic carbocycles. The number of fused-ring (bicyclic) bond motifs is 1. The second-order valence-electron chi connectivity index (χ2n) is 10.0. The maximum atomic E-state index is 13.8. The summed E-state index contributed by atoms with van der Waals surface area (Å²) in [5, 5.41) is 9.14. The van der Waals surface area contributed by atoms with Gasteiger partial charge in [-0.05, 0) is 47.9 Å². The van der Waals surface area contributed by atoms with Gasteiger partial charge in [0.25, 0.3) is 11.5 Å². The van der Waals surface area contributed by atoms with Crippen LogP contribution in [0.4, 0.5) is 0 Å². The summed E-state index contributed by atoms with van der Waals surface area (Å²) in [4.78, 5) is 57.8. The van der Waals surface area contributed by atoms with Crippen LogP contribution >= 0.6 is 11.8 Å². The van der Waals surface area contributed by atoms with Crippen LogP contribution in [-0.2, 0) is 27.3 Å². The Kier molecular flexibility index (Phi) is 8.00. The highest BCUT2D eigenvalue weighted by molar-refractivity contribution is 8.00. The number of amides is 2. The molecule has 0 radical (unpaired) electrons. The Morgan fingerprint density at radius 2 is 1.90 bits per heavy atom. The molecule has 2 amide bonds. The molecule has 0 bridgehead atoms. The molecule has 3 aromatic rings. The van der Waals surface area contributed by atoms with Crippen LogP contribution in [-0.4, -0.2) is 62.0 Å². The van der Waals surface area contributed by atoms with Crippen LogP contribution in [0.1, 0.15) is 35.3 Å². The van der Waals surface area contributed by atoms with Gasteiger partial charge in [-0.3, -0.25) is 19.3 Å². The van der Waals surface area contributed by atoms with Crippen LogP contribution in [0, 0.1) is 0 Å². The van der Waals surface area contributed by atoms with Crippen molar-refractivity contribution in [1.82, 2.24) is 14.8 Å². The zero-order valence-corrected chi connectivity index (χ0v) is 23.4. The summed E-state index contributed by atoms with van der Waals surface area (Å²) in [5.74, 6) is -1.13. The number of nitrogens with two attached hydrogens (primary N) is 1. The first kappa shape index (κ1) is 28.2. The number of carbonyl (C=O) groups excluding carboxylic acids is 2. The number of thioether (sulfide) groups is 1. The Labute approximate surface area is 240 Å². The Bertz CT molecular complexity index is 1590. The minimum Gasteiger partial charge on any atom is -0.497 e. The number of carboxylic acid groups (broad SMARTS) is 1. The summed E-state index contributed by atoms with van der Waals surface area (Å²) in [5.41, 5.74) is 8.96. The lowest BCUT2D eigenvalue weighted by Crippen LogP contribution is -2.71. The van der Waals surface area contributed by atoms with Gasteiger partial charge in [0, 0.05) is 23.4 Å². The number of hydrogen-bond donors (Lipinski definition) is 3. The molecule has 0 saturated carbocycles. The first-order valence-electron chi connectivity index (χ1n) is 13.0. The van der Waals surface area contributed by atoms with Crippen molar-refractivity contribution in [3.05, 3.63) is 111 Å². The second kappa shape index (κ2) is 11.6. The summed E-state index contributed by atoms with van der Waals surface area (Å²) in [7, 11) is 1.59. The minimum absolute atomic E-state index is 0.0606. The molecule has 212 valence electrons. The average Bonchev–Trinajstić information content (AvgIpc) is 2.97. The predicted octanol–water partition coefficient (Wildman–Crippen LogP) is 2.65. The minimum atomic E-state index is -1.19. The summed E-state index contributed by atoms with van der Waals surface area (Å²) >= 11 is 1.38. The van der Waals surface area contributed by atoms with Crippen molar-refractivity contribution in [2.45, 2.75) is 37.3 Å². The van der Waals surface area contributed by atoms with Gasteiger partial charge >= 0.3 is 5.97 Å². The Hall–Kier alpha value is -4.35. The number of aromatic amines is 1. The zero-order chi connectivity index (χ0) is 29.3. The number of pyridine rings is 1.